The van der Waals surface area contributed by atoms with Crippen molar-refractivity contribution in [2.45, 2.75) is 70.2 Å². The molecule has 0 fully saturated rings. The average Bonchev–Trinajstić information content (AvgIpc) is 2.57. The van der Waals surface area contributed by atoms with Gasteiger partial charge in [-0.2, -0.15) is 0 Å². The Balaban J connectivity index is 2.24. The third kappa shape index (κ3) is 4.38. The van der Waals surface area contributed by atoms with Crippen LogP contribution < -0.4 is 0 Å². The molecule has 0 saturated carbocycles. The van der Waals surface area contributed by atoms with Crippen LogP contribution in [0.2, 0.25) is 18.1 Å². The molecule has 1 aliphatic rings. The van der Waals surface area contributed by atoms with Gasteiger partial charge >= 0.3 is 0 Å². The summed E-state index contributed by atoms with van der Waals surface area (Å²) in [6.45, 7) is 16.0. The molecule has 2 atom stereocenters. The van der Waals surface area contributed by atoms with E-state index < -0.39 is 13.9 Å². The average molecular weight is 373 g/mol. The van der Waals surface area contributed by atoms with Gasteiger partial charge in [0.2, 0.25) is 0 Å². The highest BCUT2D eigenvalue weighted by Crippen LogP contribution is 2.47. The number of aliphatic hydroxyl groups is 1. The summed E-state index contributed by atoms with van der Waals surface area (Å²) in [5.74, 6) is 0. The second-order valence-corrected chi connectivity index (χ2v) is 14.1. The number of hydrogen-bond donors (Lipinski definition) is 1. The molecule has 144 valence electrons. The highest BCUT2D eigenvalue weighted by molar-refractivity contribution is 6.74. The van der Waals surface area contributed by atoms with Crippen LogP contribution in [0.1, 0.15) is 45.6 Å². The fourth-order valence-electron chi connectivity index (χ4n) is 3.63. The molecular formula is C23H36O2Si. The maximum Gasteiger partial charge on any atom is 0.191 e. The van der Waals surface area contributed by atoms with Crippen molar-refractivity contribution in [3.63, 3.8) is 0 Å². The van der Waals surface area contributed by atoms with Gasteiger partial charge in [0.25, 0.3) is 0 Å². The first-order chi connectivity index (χ1) is 12.1. The van der Waals surface area contributed by atoms with Crippen molar-refractivity contribution in [2.75, 3.05) is 6.61 Å². The van der Waals surface area contributed by atoms with Crippen LogP contribution in [0.4, 0.5) is 0 Å². The Kier molecular flexibility index (Phi) is 6.37. The number of allylic oxidation sites excluding steroid dienone is 1. The summed E-state index contributed by atoms with van der Waals surface area (Å²) in [6, 6.07) is 10.5. The highest BCUT2D eigenvalue weighted by atomic mass is 28.4. The molecule has 0 aliphatic heterocycles. The SMILES string of the molecule is C=C[C@]1(O)C=CCC[C@]1(CCO[Si](C)(C)C(C)(C)C)Cc1ccccc1. The minimum Gasteiger partial charge on any atom is -0.417 e. The number of hydrogen-bond acceptors (Lipinski definition) is 2. The highest BCUT2D eigenvalue weighted by Gasteiger charge is 2.48. The van der Waals surface area contributed by atoms with Crippen LogP contribution in [0.3, 0.4) is 0 Å². The van der Waals surface area contributed by atoms with Crippen LogP contribution in [0.25, 0.3) is 0 Å². The van der Waals surface area contributed by atoms with E-state index >= 15 is 0 Å². The van der Waals surface area contributed by atoms with Crippen LogP contribution >= 0.6 is 0 Å². The Morgan fingerprint density at radius 2 is 1.88 bits per heavy atom. The van der Waals surface area contributed by atoms with E-state index in [0.29, 0.717) is 6.61 Å². The zero-order chi connectivity index (χ0) is 19.5. The fraction of sp³-hybridized carbons (Fsp3) is 0.565. The molecule has 0 bridgehead atoms. The molecule has 26 heavy (non-hydrogen) atoms. The quantitative estimate of drug-likeness (QED) is 0.477. The zero-order valence-electron chi connectivity index (χ0n) is 17.2. The van der Waals surface area contributed by atoms with E-state index in [0.717, 1.165) is 25.7 Å². The van der Waals surface area contributed by atoms with Gasteiger partial charge < -0.3 is 9.53 Å². The van der Waals surface area contributed by atoms with E-state index in [4.69, 9.17) is 4.43 Å². The third-order valence-corrected chi connectivity index (χ3v) is 11.1. The van der Waals surface area contributed by atoms with E-state index in [1.165, 1.54) is 5.56 Å². The van der Waals surface area contributed by atoms with E-state index in [1.54, 1.807) is 6.08 Å². The first kappa shape index (κ1) is 21.1. The molecule has 3 heteroatoms. The van der Waals surface area contributed by atoms with E-state index in [-0.39, 0.29) is 10.5 Å². The van der Waals surface area contributed by atoms with E-state index in [9.17, 15) is 5.11 Å². The lowest BCUT2D eigenvalue weighted by Gasteiger charge is -2.48. The lowest BCUT2D eigenvalue weighted by atomic mass is 9.61. The molecule has 0 radical (unpaired) electrons. The molecule has 0 heterocycles. The second-order valence-electron chi connectivity index (χ2n) is 9.27. The predicted octanol–water partition coefficient (Wildman–Crippen LogP) is 5.89. The molecule has 0 spiro atoms. The molecule has 0 aromatic heterocycles. The summed E-state index contributed by atoms with van der Waals surface area (Å²) in [6.07, 6.45) is 9.35. The smallest absolute Gasteiger partial charge is 0.191 e. The lowest BCUT2D eigenvalue weighted by Crippen LogP contribution is -2.50. The summed E-state index contributed by atoms with van der Waals surface area (Å²) in [5.41, 5.74) is 0.000802. The number of rotatable bonds is 7. The van der Waals surface area contributed by atoms with Crippen molar-refractivity contribution in [1.29, 1.82) is 0 Å². The normalized spacial score (nSPS) is 26.7. The van der Waals surface area contributed by atoms with E-state index in [1.807, 2.05) is 12.1 Å². The topological polar surface area (TPSA) is 29.5 Å². The van der Waals surface area contributed by atoms with Gasteiger partial charge in [-0.1, -0.05) is 75.9 Å². The third-order valence-electron chi connectivity index (χ3n) is 6.56. The molecule has 1 aromatic carbocycles. The van der Waals surface area contributed by atoms with Gasteiger partial charge in [-0.3, -0.25) is 0 Å². The van der Waals surface area contributed by atoms with Gasteiger partial charge in [0.15, 0.2) is 8.32 Å². The van der Waals surface area contributed by atoms with Crippen LogP contribution in [-0.2, 0) is 10.8 Å². The van der Waals surface area contributed by atoms with Gasteiger partial charge in [-0.05, 0) is 49.4 Å². The standard InChI is InChI=1S/C23H36O2Si/c1-7-23(24)16-12-11-15-22(23,19-20-13-9-8-10-14-20)17-18-25-26(5,6)21(2,3)4/h7-10,12-14,16,24H,1,11,15,17-19H2,2-6H3/t22-,23-/m0/s1. The Morgan fingerprint density at radius 1 is 1.23 bits per heavy atom. The maximum atomic E-state index is 11.4. The first-order valence-corrected chi connectivity index (χ1v) is 12.7. The van der Waals surface area contributed by atoms with Crippen LogP contribution in [-0.4, -0.2) is 25.6 Å². The maximum absolute atomic E-state index is 11.4. The predicted molar refractivity (Wildman–Crippen MR) is 114 cm³/mol. The molecule has 1 N–H and O–H groups in total. The monoisotopic (exact) mass is 372 g/mol. The first-order valence-electron chi connectivity index (χ1n) is 9.77. The Morgan fingerprint density at radius 3 is 2.46 bits per heavy atom. The number of benzene rings is 1. The molecule has 2 nitrogen and oxygen atoms in total. The van der Waals surface area contributed by atoms with Gasteiger partial charge in [0.05, 0.1) is 0 Å². The van der Waals surface area contributed by atoms with Crippen molar-refractivity contribution in [2.24, 2.45) is 5.41 Å². The fourth-order valence-corrected chi connectivity index (χ4v) is 4.68. The summed E-state index contributed by atoms with van der Waals surface area (Å²) < 4.78 is 6.47. The van der Waals surface area contributed by atoms with Crippen LogP contribution in [0.5, 0.6) is 0 Å². The second kappa shape index (κ2) is 7.83. The van der Waals surface area contributed by atoms with Crippen molar-refractivity contribution in [3.8, 4) is 0 Å². The molecule has 0 amide bonds. The summed E-state index contributed by atoms with van der Waals surface area (Å²) >= 11 is 0. The van der Waals surface area contributed by atoms with Crippen LogP contribution in [0, 0.1) is 5.41 Å². The van der Waals surface area contributed by atoms with Crippen molar-refractivity contribution in [3.05, 3.63) is 60.7 Å². The lowest BCUT2D eigenvalue weighted by molar-refractivity contribution is -0.0321. The van der Waals surface area contributed by atoms with Crippen molar-refractivity contribution >= 4 is 8.32 Å². The largest absolute Gasteiger partial charge is 0.417 e. The Labute approximate surface area is 161 Å². The van der Waals surface area contributed by atoms with Crippen LogP contribution in [0.15, 0.2) is 55.1 Å². The summed E-state index contributed by atoms with van der Waals surface area (Å²) in [7, 11) is -1.80. The molecule has 1 aromatic rings. The van der Waals surface area contributed by atoms with Gasteiger partial charge in [-0.25, -0.2) is 0 Å². The molecule has 0 saturated heterocycles. The Bertz CT molecular complexity index is 629. The summed E-state index contributed by atoms with van der Waals surface area (Å²) in [4.78, 5) is 0. The Hall–Kier alpha value is -1.16. The van der Waals surface area contributed by atoms with Gasteiger partial charge in [0.1, 0.15) is 5.60 Å². The molecule has 0 unspecified atom stereocenters. The van der Waals surface area contributed by atoms with Gasteiger partial charge in [0, 0.05) is 12.0 Å². The minimum atomic E-state index is -1.80. The summed E-state index contributed by atoms with van der Waals surface area (Å²) in [5, 5.41) is 11.6. The molecule has 2 rings (SSSR count). The molecule has 1 aliphatic carbocycles. The molecular weight excluding hydrogens is 336 g/mol. The van der Waals surface area contributed by atoms with Crippen molar-refractivity contribution < 1.29 is 9.53 Å². The zero-order valence-corrected chi connectivity index (χ0v) is 18.2. The minimum absolute atomic E-state index is 0.195. The van der Waals surface area contributed by atoms with Crippen molar-refractivity contribution in [1.82, 2.24) is 0 Å². The van der Waals surface area contributed by atoms with E-state index in [2.05, 4.69) is 70.8 Å². The van der Waals surface area contributed by atoms with Gasteiger partial charge in [-0.15, -0.1) is 0 Å².